The lowest BCUT2D eigenvalue weighted by atomic mass is 10.2. The Morgan fingerprint density at radius 1 is 1.07 bits per heavy atom. The van der Waals surface area contributed by atoms with Gasteiger partial charge in [-0.2, -0.15) is 0 Å². The fourth-order valence-electron chi connectivity index (χ4n) is 2.08. The number of hydrogen-bond donors (Lipinski definition) is 2. The van der Waals surface area contributed by atoms with Crippen molar-refractivity contribution < 1.29 is 27.5 Å². The lowest BCUT2D eigenvalue weighted by Gasteiger charge is -2.09. The molecule has 0 aliphatic rings. The number of anilines is 1. The molecule has 148 valence electrons. The smallest absolute Gasteiger partial charge is 0.343 e. The predicted octanol–water partition coefficient (Wildman–Crippen LogP) is 1.95. The van der Waals surface area contributed by atoms with Crippen LogP contribution in [-0.4, -0.2) is 40.6 Å². The Kier molecular flexibility index (Phi) is 7.30. The van der Waals surface area contributed by atoms with Crippen LogP contribution in [0.15, 0.2) is 66.1 Å². The maximum Gasteiger partial charge on any atom is 0.343 e. The van der Waals surface area contributed by atoms with Crippen LogP contribution in [0.4, 0.5) is 5.69 Å². The van der Waals surface area contributed by atoms with Crippen molar-refractivity contribution in [3.63, 3.8) is 0 Å². The van der Waals surface area contributed by atoms with Gasteiger partial charge in [0.1, 0.15) is 5.75 Å². The molecule has 2 N–H and O–H groups in total. The molecule has 0 saturated heterocycles. The van der Waals surface area contributed by atoms with Gasteiger partial charge in [0.2, 0.25) is 10.0 Å². The normalized spacial score (nSPS) is 10.8. The highest BCUT2D eigenvalue weighted by molar-refractivity contribution is 7.89. The van der Waals surface area contributed by atoms with Crippen molar-refractivity contribution in [1.82, 2.24) is 4.72 Å². The predicted molar refractivity (Wildman–Crippen MR) is 104 cm³/mol. The monoisotopic (exact) mass is 404 g/mol. The molecule has 0 aliphatic heterocycles. The van der Waals surface area contributed by atoms with E-state index in [1.165, 1.54) is 37.5 Å². The lowest BCUT2D eigenvalue weighted by molar-refractivity contribution is -0.142. The van der Waals surface area contributed by atoms with E-state index in [2.05, 4.69) is 21.4 Å². The van der Waals surface area contributed by atoms with E-state index in [0.717, 1.165) is 0 Å². The number of esters is 1. The molecule has 0 heterocycles. The summed E-state index contributed by atoms with van der Waals surface area (Å²) in [6, 6.07) is 12.0. The van der Waals surface area contributed by atoms with E-state index in [9.17, 15) is 18.0 Å². The summed E-state index contributed by atoms with van der Waals surface area (Å²) in [6.07, 6.45) is 1.44. The summed E-state index contributed by atoms with van der Waals surface area (Å²) >= 11 is 0. The van der Waals surface area contributed by atoms with E-state index in [0.29, 0.717) is 17.0 Å². The first kappa shape index (κ1) is 21.1. The van der Waals surface area contributed by atoms with Gasteiger partial charge >= 0.3 is 5.97 Å². The number of nitrogens with one attached hydrogen (secondary N) is 2. The number of sulfonamides is 1. The average molecular weight is 404 g/mol. The van der Waals surface area contributed by atoms with E-state index in [1.54, 1.807) is 24.3 Å². The molecule has 9 heteroatoms. The molecule has 2 rings (SSSR count). The second-order valence-corrected chi connectivity index (χ2v) is 7.28. The first-order valence-corrected chi connectivity index (χ1v) is 9.65. The third-order valence-electron chi connectivity index (χ3n) is 3.54. The van der Waals surface area contributed by atoms with Crippen molar-refractivity contribution >= 4 is 27.6 Å². The Balaban J connectivity index is 1.99. The molecule has 0 radical (unpaired) electrons. The zero-order chi connectivity index (χ0) is 20.6. The molecule has 2 aromatic rings. The zero-order valence-electron chi connectivity index (χ0n) is 15.2. The standard InChI is InChI=1S/C19H20N2O6S/c1-3-12-20-28(24,25)17-10-4-14(5-11-17)19(23)21-15-6-8-16(9-7-15)27-13-18(22)26-2/h3-11,20H,1,12-13H2,2H3,(H,21,23). The maximum absolute atomic E-state index is 12.3. The number of hydrogen-bond acceptors (Lipinski definition) is 6. The fraction of sp³-hybridized carbons (Fsp3) is 0.158. The van der Waals surface area contributed by atoms with E-state index in [-0.39, 0.29) is 18.0 Å². The summed E-state index contributed by atoms with van der Waals surface area (Å²) in [5, 5.41) is 2.69. The molecule has 0 spiro atoms. The lowest BCUT2D eigenvalue weighted by Crippen LogP contribution is -2.23. The molecular formula is C19H20N2O6S. The first-order chi connectivity index (χ1) is 13.4. The van der Waals surface area contributed by atoms with Gasteiger partial charge in [-0.25, -0.2) is 17.9 Å². The summed E-state index contributed by atoms with van der Waals surface area (Å²) in [5.41, 5.74) is 0.813. The molecule has 0 aromatic heterocycles. The Hall–Kier alpha value is -3.17. The molecule has 0 saturated carbocycles. The minimum absolute atomic E-state index is 0.0537. The number of carbonyl (C=O) groups is 2. The number of amides is 1. The molecule has 0 aliphatic carbocycles. The van der Waals surface area contributed by atoms with Gasteiger partial charge in [0, 0.05) is 17.8 Å². The van der Waals surface area contributed by atoms with Gasteiger partial charge < -0.3 is 14.8 Å². The molecule has 0 fully saturated rings. The van der Waals surface area contributed by atoms with Gasteiger partial charge in [-0.15, -0.1) is 6.58 Å². The second kappa shape index (κ2) is 9.67. The third-order valence-corrected chi connectivity index (χ3v) is 4.98. The highest BCUT2D eigenvalue weighted by atomic mass is 32.2. The average Bonchev–Trinajstić information content (AvgIpc) is 2.71. The molecule has 0 atom stereocenters. The van der Waals surface area contributed by atoms with Crippen LogP contribution in [0.3, 0.4) is 0 Å². The topological polar surface area (TPSA) is 111 Å². The Morgan fingerprint density at radius 3 is 2.29 bits per heavy atom. The summed E-state index contributed by atoms with van der Waals surface area (Å²) < 4.78 is 36.1. The minimum atomic E-state index is -3.64. The van der Waals surface area contributed by atoms with Crippen molar-refractivity contribution in [3.8, 4) is 5.75 Å². The van der Waals surface area contributed by atoms with E-state index < -0.39 is 21.9 Å². The molecule has 28 heavy (non-hydrogen) atoms. The van der Waals surface area contributed by atoms with E-state index in [1.807, 2.05) is 0 Å². The molecule has 0 unspecified atom stereocenters. The summed E-state index contributed by atoms with van der Waals surface area (Å²) in [7, 11) is -2.37. The van der Waals surface area contributed by atoms with Crippen molar-refractivity contribution in [2.24, 2.45) is 0 Å². The van der Waals surface area contributed by atoms with Crippen molar-refractivity contribution in [2.75, 3.05) is 25.6 Å². The maximum atomic E-state index is 12.3. The number of rotatable bonds is 9. The number of carbonyl (C=O) groups excluding carboxylic acids is 2. The Bertz CT molecular complexity index is 937. The Labute approximate surface area is 163 Å². The van der Waals surface area contributed by atoms with Gasteiger partial charge in [-0.1, -0.05) is 6.08 Å². The first-order valence-electron chi connectivity index (χ1n) is 8.17. The number of ether oxygens (including phenoxy) is 2. The van der Waals surface area contributed by atoms with Crippen molar-refractivity contribution in [3.05, 3.63) is 66.7 Å². The summed E-state index contributed by atoms with van der Waals surface area (Å²) in [4.78, 5) is 23.4. The largest absolute Gasteiger partial charge is 0.482 e. The van der Waals surface area contributed by atoms with Crippen LogP contribution in [0.1, 0.15) is 10.4 Å². The molecule has 8 nitrogen and oxygen atoms in total. The van der Waals surface area contributed by atoms with Gasteiger partial charge in [0.05, 0.1) is 12.0 Å². The number of benzene rings is 2. The summed E-state index contributed by atoms with van der Waals surface area (Å²) in [5.74, 6) is -0.446. The molecule has 2 aromatic carbocycles. The van der Waals surface area contributed by atoms with Crippen LogP contribution in [-0.2, 0) is 19.6 Å². The van der Waals surface area contributed by atoms with Gasteiger partial charge in [-0.05, 0) is 48.5 Å². The van der Waals surface area contributed by atoms with Gasteiger partial charge in [-0.3, -0.25) is 4.79 Å². The molecular weight excluding hydrogens is 384 g/mol. The second-order valence-electron chi connectivity index (χ2n) is 5.51. The molecule has 1 amide bonds. The SMILES string of the molecule is C=CCNS(=O)(=O)c1ccc(C(=O)Nc2ccc(OCC(=O)OC)cc2)cc1. The van der Waals surface area contributed by atoms with Gasteiger partial charge in [0.25, 0.3) is 5.91 Å². The third kappa shape index (κ3) is 5.93. The molecule has 0 bridgehead atoms. The number of methoxy groups -OCH3 is 1. The quantitative estimate of drug-likeness (QED) is 0.488. The minimum Gasteiger partial charge on any atom is -0.482 e. The van der Waals surface area contributed by atoms with Crippen LogP contribution in [0.5, 0.6) is 5.75 Å². The highest BCUT2D eigenvalue weighted by Gasteiger charge is 2.14. The summed E-state index contributed by atoms with van der Waals surface area (Å²) in [6.45, 7) is 3.36. The van der Waals surface area contributed by atoms with Gasteiger partial charge in [0.15, 0.2) is 6.61 Å². The van der Waals surface area contributed by atoms with E-state index >= 15 is 0 Å². The van der Waals surface area contributed by atoms with Crippen molar-refractivity contribution in [2.45, 2.75) is 4.90 Å². The van der Waals surface area contributed by atoms with Crippen molar-refractivity contribution in [1.29, 1.82) is 0 Å². The zero-order valence-corrected chi connectivity index (χ0v) is 16.0. The van der Waals surface area contributed by atoms with Crippen LogP contribution in [0.2, 0.25) is 0 Å². The van der Waals surface area contributed by atoms with Crippen LogP contribution >= 0.6 is 0 Å². The van der Waals surface area contributed by atoms with E-state index in [4.69, 9.17) is 4.74 Å². The highest BCUT2D eigenvalue weighted by Crippen LogP contribution is 2.17. The fourth-order valence-corrected chi connectivity index (χ4v) is 3.07. The van der Waals surface area contributed by atoms with Crippen LogP contribution < -0.4 is 14.8 Å². The Morgan fingerprint density at radius 2 is 1.71 bits per heavy atom. The van der Waals surface area contributed by atoms with Crippen LogP contribution in [0, 0.1) is 0 Å². The van der Waals surface area contributed by atoms with Crippen LogP contribution in [0.25, 0.3) is 0 Å².